The van der Waals surface area contributed by atoms with E-state index in [0.29, 0.717) is 18.5 Å². The summed E-state index contributed by atoms with van der Waals surface area (Å²) < 4.78 is 0. The highest BCUT2D eigenvalue weighted by Crippen LogP contribution is 2.39. The van der Waals surface area contributed by atoms with Crippen molar-refractivity contribution in [2.24, 2.45) is 11.8 Å². The first-order chi connectivity index (χ1) is 6.61. The minimum atomic E-state index is 0.232. The van der Waals surface area contributed by atoms with Gasteiger partial charge in [-0.05, 0) is 31.6 Å². The molecule has 3 nitrogen and oxygen atoms in total. The summed E-state index contributed by atoms with van der Waals surface area (Å²) in [5.74, 6) is 1.62. The van der Waals surface area contributed by atoms with Crippen molar-refractivity contribution in [3.8, 4) is 0 Å². The topological polar surface area (TPSA) is 32.3 Å². The Bertz CT molecular complexity index is 233. The molecule has 0 spiro atoms. The van der Waals surface area contributed by atoms with Gasteiger partial charge in [-0.25, -0.2) is 0 Å². The first-order valence-corrected chi connectivity index (χ1v) is 5.66. The molecule has 1 aliphatic heterocycles. The van der Waals surface area contributed by atoms with Gasteiger partial charge < -0.3 is 4.90 Å². The van der Waals surface area contributed by atoms with Crippen LogP contribution in [0.15, 0.2) is 0 Å². The summed E-state index contributed by atoms with van der Waals surface area (Å²) in [5.41, 5.74) is 0. The predicted molar refractivity (Wildman–Crippen MR) is 55.7 cm³/mol. The Hall–Kier alpha value is -0.570. The van der Waals surface area contributed by atoms with Gasteiger partial charge in [0.1, 0.15) is 0 Å². The van der Waals surface area contributed by atoms with E-state index >= 15 is 0 Å². The number of amides is 1. The monoisotopic (exact) mass is 196 g/mol. The Morgan fingerprint density at radius 2 is 2.07 bits per heavy atom. The van der Waals surface area contributed by atoms with E-state index in [2.05, 4.69) is 31.0 Å². The van der Waals surface area contributed by atoms with E-state index < -0.39 is 0 Å². The summed E-state index contributed by atoms with van der Waals surface area (Å²) in [6, 6.07) is 0.465. The second-order valence-corrected chi connectivity index (χ2v) is 4.93. The fourth-order valence-corrected chi connectivity index (χ4v) is 2.60. The third-order valence-electron chi connectivity index (χ3n) is 3.36. The van der Waals surface area contributed by atoms with Gasteiger partial charge in [-0.2, -0.15) is 0 Å². The normalized spacial score (nSPS) is 30.1. The van der Waals surface area contributed by atoms with Crippen LogP contribution in [0.25, 0.3) is 0 Å². The van der Waals surface area contributed by atoms with Crippen molar-refractivity contribution < 1.29 is 4.79 Å². The number of nitrogens with one attached hydrogen (secondary N) is 1. The van der Waals surface area contributed by atoms with Crippen LogP contribution in [0.4, 0.5) is 0 Å². The van der Waals surface area contributed by atoms with Crippen molar-refractivity contribution in [3.05, 3.63) is 0 Å². The SMILES string of the molecule is CC(C)C(C1CC1)N1C(=O)CNC1C. The lowest BCUT2D eigenvalue weighted by atomic mass is 9.97. The number of nitrogens with zero attached hydrogens (tertiary/aromatic N) is 1. The molecule has 1 saturated heterocycles. The van der Waals surface area contributed by atoms with Crippen LogP contribution in [-0.4, -0.2) is 29.6 Å². The molecular formula is C11H20N2O. The van der Waals surface area contributed by atoms with Gasteiger partial charge in [0, 0.05) is 6.04 Å². The molecule has 1 heterocycles. The van der Waals surface area contributed by atoms with E-state index in [0.717, 1.165) is 5.92 Å². The maximum Gasteiger partial charge on any atom is 0.238 e. The zero-order valence-corrected chi connectivity index (χ0v) is 9.29. The minimum Gasteiger partial charge on any atom is -0.323 e. The summed E-state index contributed by atoms with van der Waals surface area (Å²) in [7, 11) is 0. The maximum atomic E-state index is 11.7. The Kier molecular flexibility index (Phi) is 2.52. The lowest BCUT2D eigenvalue weighted by Crippen LogP contribution is -2.46. The van der Waals surface area contributed by atoms with Crippen LogP contribution in [-0.2, 0) is 4.79 Å². The standard InChI is InChI=1S/C11H20N2O/c1-7(2)11(9-4-5-9)13-8(3)12-6-10(13)14/h7-9,11-12H,4-6H2,1-3H3. The van der Waals surface area contributed by atoms with E-state index in [1.54, 1.807) is 0 Å². The maximum absolute atomic E-state index is 11.7. The van der Waals surface area contributed by atoms with E-state index in [4.69, 9.17) is 0 Å². The predicted octanol–water partition coefficient (Wildman–Crippen LogP) is 1.20. The molecule has 0 aromatic carbocycles. The molecule has 1 amide bonds. The second-order valence-electron chi connectivity index (χ2n) is 4.93. The fourth-order valence-electron chi connectivity index (χ4n) is 2.60. The van der Waals surface area contributed by atoms with E-state index in [1.165, 1.54) is 12.8 Å². The van der Waals surface area contributed by atoms with E-state index in [-0.39, 0.29) is 12.1 Å². The lowest BCUT2D eigenvalue weighted by molar-refractivity contribution is -0.131. The highest BCUT2D eigenvalue weighted by molar-refractivity contribution is 5.81. The van der Waals surface area contributed by atoms with Crippen molar-refractivity contribution in [3.63, 3.8) is 0 Å². The molecule has 0 bridgehead atoms. The highest BCUT2D eigenvalue weighted by Gasteiger charge is 2.42. The molecule has 1 saturated carbocycles. The van der Waals surface area contributed by atoms with Crippen molar-refractivity contribution >= 4 is 5.91 Å². The Morgan fingerprint density at radius 3 is 2.43 bits per heavy atom. The summed E-state index contributed by atoms with van der Waals surface area (Å²) in [4.78, 5) is 13.8. The third-order valence-corrected chi connectivity index (χ3v) is 3.36. The van der Waals surface area contributed by atoms with Gasteiger partial charge in [-0.3, -0.25) is 10.1 Å². The van der Waals surface area contributed by atoms with Crippen LogP contribution >= 0.6 is 0 Å². The van der Waals surface area contributed by atoms with Crippen LogP contribution in [0.3, 0.4) is 0 Å². The third kappa shape index (κ3) is 1.65. The van der Waals surface area contributed by atoms with Crippen LogP contribution in [0.1, 0.15) is 33.6 Å². The van der Waals surface area contributed by atoms with Gasteiger partial charge in [0.25, 0.3) is 0 Å². The van der Waals surface area contributed by atoms with Gasteiger partial charge in [0.15, 0.2) is 0 Å². The molecular weight excluding hydrogens is 176 g/mol. The molecule has 2 rings (SSSR count). The summed E-state index contributed by atoms with van der Waals surface area (Å²) in [6.45, 7) is 7.06. The molecule has 2 fully saturated rings. The average molecular weight is 196 g/mol. The van der Waals surface area contributed by atoms with Crippen molar-refractivity contribution in [2.75, 3.05) is 6.54 Å². The Morgan fingerprint density at radius 1 is 1.43 bits per heavy atom. The lowest BCUT2D eigenvalue weighted by Gasteiger charge is -2.34. The van der Waals surface area contributed by atoms with Gasteiger partial charge in [-0.1, -0.05) is 13.8 Å². The smallest absolute Gasteiger partial charge is 0.238 e. The van der Waals surface area contributed by atoms with Crippen molar-refractivity contribution in [1.82, 2.24) is 10.2 Å². The molecule has 1 aliphatic carbocycles. The highest BCUT2D eigenvalue weighted by atomic mass is 16.2. The first-order valence-electron chi connectivity index (χ1n) is 5.66. The summed E-state index contributed by atoms with van der Waals surface area (Å²) in [5, 5.41) is 3.21. The number of rotatable bonds is 3. The minimum absolute atomic E-state index is 0.232. The molecule has 0 radical (unpaired) electrons. The molecule has 2 atom stereocenters. The van der Waals surface area contributed by atoms with Gasteiger partial charge in [-0.15, -0.1) is 0 Å². The van der Waals surface area contributed by atoms with Crippen LogP contribution < -0.4 is 5.32 Å². The molecule has 80 valence electrons. The fraction of sp³-hybridized carbons (Fsp3) is 0.909. The largest absolute Gasteiger partial charge is 0.323 e. The molecule has 14 heavy (non-hydrogen) atoms. The van der Waals surface area contributed by atoms with Crippen molar-refractivity contribution in [1.29, 1.82) is 0 Å². The first kappa shape index (κ1) is 9.97. The van der Waals surface area contributed by atoms with Crippen molar-refractivity contribution in [2.45, 2.75) is 45.8 Å². The second kappa shape index (κ2) is 3.54. The number of hydrogen-bond acceptors (Lipinski definition) is 2. The van der Waals surface area contributed by atoms with Gasteiger partial charge in [0.05, 0.1) is 12.7 Å². The Balaban J connectivity index is 2.12. The molecule has 2 aliphatic rings. The van der Waals surface area contributed by atoms with Crippen LogP contribution in [0.5, 0.6) is 0 Å². The van der Waals surface area contributed by atoms with Crippen LogP contribution in [0, 0.1) is 11.8 Å². The number of carbonyl (C=O) groups is 1. The Labute approximate surface area is 85.8 Å². The molecule has 1 N–H and O–H groups in total. The zero-order chi connectivity index (χ0) is 10.3. The van der Waals surface area contributed by atoms with Crippen LogP contribution in [0.2, 0.25) is 0 Å². The number of hydrogen-bond donors (Lipinski definition) is 1. The quantitative estimate of drug-likeness (QED) is 0.735. The van der Waals surface area contributed by atoms with Gasteiger partial charge >= 0.3 is 0 Å². The van der Waals surface area contributed by atoms with Gasteiger partial charge in [0.2, 0.25) is 5.91 Å². The average Bonchev–Trinajstić information content (AvgIpc) is 2.87. The summed E-state index contributed by atoms with van der Waals surface area (Å²) >= 11 is 0. The molecule has 0 aromatic rings. The molecule has 2 unspecified atom stereocenters. The molecule has 0 aromatic heterocycles. The van der Waals surface area contributed by atoms with E-state index in [9.17, 15) is 4.79 Å². The molecule has 3 heteroatoms. The zero-order valence-electron chi connectivity index (χ0n) is 9.29. The number of carbonyl (C=O) groups excluding carboxylic acids is 1. The van der Waals surface area contributed by atoms with E-state index in [1.807, 2.05) is 0 Å². The summed E-state index contributed by atoms with van der Waals surface area (Å²) in [6.07, 6.45) is 2.84.